The highest BCUT2D eigenvalue weighted by Gasteiger charge is 2.35. The van der Waals surface area contributed by atoms with Gasteiger partial charge in [-0.1, -0.05) is 66.7 Å². The first-order valence-electron chi connectivity index (χ1n) is 12.4. The summed E-state index contributed by atoms with van der Waals surface area (Å²) in [5, 5.41) is 8.86. The van der Waals surface area contributed by atoms with Crippen LogP contribution in [-0.4, -0.2) is 53.7 Å². The quantitative estimate of drug-likeness (QED) is 0.487. The van der Waals surface area contributed by atoms with Crippen LogP contribution in [0.5, 0.6) is 0 Å². The number of hydrogen-bond acceptors (Lipinski definition) is 5. The zero-order chi connectivity index (χ0) is 24.2. The zero-order valence-corrected chi connectivity index (χ0v) is 20.1. The summed E-state index contributed by atoms with van der Waals surface area (Å²) in [6.07, 6.45) is 2.36. The summed E-state index contributed by atoms with van der Waals surface area (Å²) in [5.74, 6) is -0.375. The fraction of sp³-hybridized carbons (Fsp3) is 0.345. The van der Waals surface area contributed by atoms with E-state index in [4.69, 9.17) is 9.84 Å². The minimum atomic E-state index is -0.170. The summed E-state index contributed by atoms with van der Waals surface area (Å²) in [5.41, 5.74) is 3.03. The van der Waals surface area contributed by atoms with Crippen molar-refractivity contribution >= 4 is 28.4 Å². The van der Waals surface area contributed by atoms with Gasteiger partial charge in [0.25, 0.3) is 5.91 Å². The number of likely N-dealkylation sites (tertiary alicyclic amines) is 1. The molecule has 1 fully saturated rings. The van der Waals surface area contributed by atoms with Crippen LogP contribution in [0.2, 0.25) is 0 Å². The second-order valence-electron chi connectivity index (χ2n) is 9.30. The van der Waals surface area contributed by atoms with Crippen LogP contribution in [0, 0.1) is 5.92 Å². The van der Waals surface area contributed by atoms with Crippen LogP contribution in [0.4, 0.5) is 0 Å². The molecule has 2 aliphatic heterocycles. The normalized spacial score (nSPS) is 20.6. The third-order valence-corrected chi connectivity index (χ3v) is 6.92. The molecule has 0 aliphatic carbocycles. The summed E-state index contributed by atoms with van der Waals surface area (Å²) in [6.45, 7) is 3.80. The second kappa shape index (κ2) is 10.4. The van der Waals surface area contributed by atoms with Gasteiger partial charge in [-0.15, -0.1) is 0 Å². The monoisotopic (exact) mass is 469 g/mol. The Morgan fingerprint density at radius 1 is 1.00 bits per heavy atom. The molecule has 0 aromatic heterocycles. The first-order chi connectivity index (χ1) is 17.1. The van der Waals surface area contributed by atoms with Gasteiger partial charge in [0.1, 0.15) is 0 Å². The molecule has 6 heteroatoms. The number of fused-ring (bicyclic) bond motifs is 1. The molecule has 35 heavy (non-hydrogen) atoms. The smallest absolute Gasteiger partial charge is 0.310 e. The van der Waals surface area contributed by atoms with E-state index in [0.717, 1.165) is 41.6 Å². The summed E-state index contributed by atoms with van der Waals surface area (Å²) in [4.78, 5) is 27.9. The fourth-order valence-electron chi connectivity index (χ4n) is 5.13. The minimum absolute atomic E-state index is 0.0425. The summed E-state index contributed by atoms with van der Waals surface area (Å²) in [6, 6.07) is 24.6. The maximum absolute atomic E-state index is 13.5. The highest BCUT2D eigenvalue weighted by molar-refractivity contribution is 6.05. The lowest BCUT2D eigenvalue weighted by atomic mass is 9.96. The van der Waals surface area contributed by atoms with E-state index in [1.165, 1.54) is 5.39 Å². The van der Waals surface area contributed by atoms with E-state index < -0.39 is 0 Å². The van der Waals surface area contributed by atoms with E-state index in [1.807, 2.05) is 37.3 Å². The number of benzene rings is 3. The zero-order valence-electron chi connectivity index (χ0n) is 20.1. The second-order valence-corrected chi connectivity index (χ2v) is 9.30. The molecule has 180 valence electrons. The first-order valence-corrected chi connectivity index (χ1v) is 12.4. The molecule has 0 saturated carbocycles. The van der Waals surface area contributed by atoms with Crippen LogP contribution in [0.25, 0.3) is 10.8 Å². The molecule has 2 atom stereocenters. The Balaban J connectivity index is 1.38. The molecular weight excluding hydrogens is 438 g/mol. The van der Waals surface area contributed by atoms with Gasteiger partial charge in [0.2, 0.25) is 0 Å². The number of esters is 1. The van der Waals surface area contributed by atoms with Crippen molar-refractivity contribution in [2.24, 2.45) is 11.0 Å². The number of hydrazone groups is 1. The molecule has 0 N–H and O–H groups in total. The van der Waals surface area contributed by atoms with Crippen molar-refractivity contribution in [2.75, 3.05) is 26.2 Å². The average molecular weight is 470 g/mol. The summed E-state index contributed by atoms with van der Waals surface area (Å²) < 4.78 is 5.22. The lowest BCUT2D eigenvalue weighted by Crippen LogP contribution is -2.44. The van der Waals surface area contributed by atoms with Crippen LogP contribution in [0.1, 0.15) is 43.4 Å². The lowest BCUT2D eigenvalue weighted by Gasteiger charge is -2.32. The Labute approximate surface area is 206 Å². The Morgan fingerprint density at radius 2 is 1.77 bits per heavy atom. The molecule has 3 aromatic rings. The Bertz CT molecular complexity index is 1240. The van der Waals surface area contributed by atoms with Crippen molar-refractivity contribution in [2.45, 2.75) is 32.2 Å². The Morgan fingerprint density at radius 3 is 2.57 bits per heavy atom. The van der Waals surface area contributed by atoms with E-state index in [9.17, 15) is 9.59 Å². The van der Waals surface area contributed by atoms with Crippen LogP contribution in [0.3, 0.4) is 0 Å². The van der Waals surface area contributed by atoms with Crippen molar-refractivity contribution in [3.05, 3.63) is 83.9 Å². The average Bonchev–Trinajstić information content (AvgIpc) is 3.35. The van der Waals surface area contributed by atoms with Gasteiger partial charge in [-0.05, 0) is 54.3 Å². The van der Waals surface area contributed by atoms with Gasteiger partial charge in [0, 0.05) is 13.0 Å². The third kappa shape index (κ3) is 5.13. The molecule has 0 unspecified atom stereocenters. The van der Waals surface area contributed by atoms with E-state index in [1.54, 1.807) is 5.01 Å². The molecule has 0 bridgehead atoms. The third-order valence-electron chi connectivity index (χ3n) is 6.92. The van der Waals surface area contributed by atoms with Gasteiger partial charge in [-0.25, -0.2) is 5.01 Å². The predicted octanol–water partition coefficient (Wildman–Crippen LogP) is 4.79. The van der Waals surface area contributed by atoms with E-state index in [0.29, 0.717) is 19.6 Å². The number of rotatable bonds is 6. The van der Waals surface area contributed by atoms with Crippen molar-refractivity contribution < 1.29 is 14.3 Å². The molecule has 1 saturated heterocycles. The van der Waals surface area contributed by atoms with Gasteiger partial charge in [0.15, 0.2) is 0 Å². The molecule has 2 aliphatic rings. The van der Waals surface area contributed by atoms with Crippen LogP contribution in [-0.2, 0) is 14.3 Å². The molecule has 6 nitrogen and oxygen atoms in total. The number of amides is 1. The molecule has 1 amide bonds. The predicted molar refractivity (Wildman–Crippen MR) is 137 cm³/mol. The summed E-state index contributed by atoms with van der Waals surface area (Å²) >= 11 is 0. The van der Waals surface area contributed by atoms with Crippen LogP contribution < -0.4 is 0 Å². The minimum Gasteiger partial charge on any atom is -0.466 e. The Kier molecular flexibility index (Phi) is 6.91. The number of carbonyl (C=O) groups excluding carboxylic acids is 2. The van der Waals surface area contributed by atoms with E-state index in [-0.39, 0.29) is 30.4 Å². The standard InChI is InChI=1S/C29H31N3O3/c1-2-35-29(34)25-13-8-16-31(19-25)20-28(33)32-27(22-10-4-3-5-11-22)18-26(30-32)24-15-14-21-9-6-7-12-23(21)17-24/h3-7,9-12,14-15,17,25,27H,2,8,13,16,18-20H2,1H3/t25-,27+/m0/s1. The summed E-state index contributed by atoms with van der Waals surface area (Å²) in [7, 11) is 0. The molecule has 0 spiro atoms. The van der Waals surface area contributed by atoms with Crippen molar-refractivity contribution in [1.29, 1.82) is 0 Å². The van der Waals surface area contributed by atoms with Gasteiger partial charge in [-0.3, -0.25) is 14.5 Å². The molecule has 5 rings (SSSR count). The lowest BCUT2D eigenvalue weighted by molar-refractivity contribution is -0.150. The van der Waals surface area contributed by atoms with Gasteiger partial charge < -0.3 is 4.74 Å². The number of piperidine rings is 1. The molecule has 3 aromatic carbocycles. The van der Waals surface area contributed by atoms with Crippen molar-refractivity contribution in [3.63, 3.8) is 0 Å². The SMILES string of the molecule is CCOC(=O)[C@H]1CCCN(CC(=O)N2N=C(c3ccc4ccccc4c3)C[C@@H]2c2ccccc2)C1. The van der Waals surface area contributed by atoms with E-state index >= 15 is 0 Å². The van der Waals surface area contributed by atoms with Crippen molar-refractivity contribution in [1.82, 2.24) is 9.91 Å². The number of carbonyl (C=O) groups is 2. The van der Waals surface area contributed by atoms with Crippen LogP contribution in [0.15, 0.2) is 77.9 Å². The number of hydrogen-bond donors (Lipinski definition) is 0. The van der Waals surface area contributed by atoms with Crippen molar-refractivity contribution in [3.8, 4) is 0 Å². The maximum Gasteiger partial charge on any atom is 0.310 e. The number of ether oxygens (including phenoxy) is 1. The van der Waals surface area contributed by atoms with Gasteiger partial charge in [-0.2, -0.15) is 5.10 Å². The highest BCUT2D eigenvalue weighted by Crippen LogP contribution is 2.33. The molecular formula is C29H31N3O3. The largest absolute Gasteiger partial charge is 0.466 e. The van der Waals surface area contributed by atoms with E-state index in [2.05, 4.69) is 47.4 Å². The topological polar surface area (TPSA) is 62.2 Å². The number of nitrogens with zero attached hydrogens (tertiary/aromatic N) is 3. The molecule has 2 heterocycles. The first kappa shape index (κ1) is 23.2. The fourth-order valence-corrected chi connectivity index (χ4v) is 5.13. The van der Waals surface area contributed by atoms with Gasteiger partial charge in [0.05, 0.1) is 30.8 Å². The maximum atomic E-state index is 13.5. The van der Waals surface area contributed by atoms with Crippen LogP contribution >= 0.6 is 0 Å². The Hall–Kier alpha value is -3.51. The van der Waals surface area contributed by atoms with Gasteiger partial charge >= 0.3 is 5.97 Å². The molecule has 0 radical (unpaired) electrons. The highest BCUT2D eigenvalue weighted by atomic mass is 16.5.